The van der Waals surface area contributed by atoms with Crippen LogP contribution in [0.2, 0.25) is 0 Å². The van der Waals surface area contributed by atoms with Gasteiger partial charge < -0.3 is 30.0 Å². The molecule has 0 unspecified atom stereocenters. The van der Waals surface area contributed by atoms with Gasteiger partial charge in [0.05, 0.1) is 0 Å². The van der Waals surface area contributed by atoms with E-state index in [1.165, 1.54) is 12.8 Å². The Morgan fingerprint density at radius 2 is 1.85 bits per heavy atom. The van der Waals surface area contributed by atoms with Gasteiger partial charge in [-0.2, -0.15) is 0 Å². The largest absolute Gasteiger partial charge is 1.00 e. The average molecular weight is 314 g/mol. The summed E-state index contributed by atoms with van der Waals surface area (Å²) in [5, 5.41) is 18.1. The molecule has 1 rings (SSSR count). The van der Waals surface area contributed by atoms with Gasteiger partial charge in [-0.3, -0.25) is 0 Å². The summed E-state index contributed by atoms with van der Waals surface area (Å²) in [6.07, 6.45) is 0.179. The zero-order chi connectivity index (χ0) is 15.1. The maximum Gasteiger partial charge on any atom is 1.00 e. The van der Waals surface area contributed by atoms with Gasteiger partial charge in [-0.15, -0.1) is 0 Å². The van der Waals surface area contributed by atoms with Crippen molar-refractivity contribution < 1.29 is 75.9 Å². The molecule has 0 aromatic rings. The van der Waals surface area contributed by atoms with Crippen molar-refractivity contribution >= 4 is 12.2 Å². The maximum absolute atomic E-state index is 11.3. The number of carboxylic acid groups (broad SMARTS) is 2. The molecule has 0 aromatic carbocycles. The third-order valence-electron chi connectivity index (χ3n) is 2.30. The molecule has 0 heterocycles. The third kappa shape index (κ3) is 16.2. The van der Waals surface area contributed by atoms with E-state index < -0.39 is 11.8 Å². The quantitative estimate of drug-likeness (QED) is 0.556. The first kappa shape index (κ1) is 22.4. The van der Waals surface area contributed by atoms with E-state index in [4.69, 9.17) is 19.7 Å². The van der Waals surface area contributed by atoms with E-state index in [1.54, 1.807) is 0 Å². The Kier molecular flexibility index (Phi) is 12.1. The molecule has 0 saturated heterocycles. The van der Waals surface area contributed by atoms with Crippen molar-refractivity contribution in [3.8, 4) is 0 Å². The molecule has 8 heteroatoms. The van der Waals surface area contributed by atoms with Crippen molar-refractivity contribution in [1.82, 2.24) is 10.2 Å². The second-order valence-electron chi connectivity index (χ2n) is 5.41. The summed E-state index contributed by atoms with van der Waals surface area (Å²) in [7, 11) is 2.09. The van der Waals surface area contributed by atoms with Gasteiger partial charge in [0, 0.05) is 19.1 Å². The molecular weight excluding hydrogens is 291 g/mol. The first-order chi connectivity index (χ1) is 8.61. The Balaban J connectivity index is 0. The molecule has 0 aromatic heterocycles. The maximum atomic E-state index is 11.3. The number of nitrogens with one attached hydrogen (secondary N) is 1. The van der Waals surface area contributed by atoms with Crippen LogP contribution in [-0.2, 0) is 4.74 Å². The number of carbonyl (C=O) groups excluding carboxylic acids is 1. The van der Waals surface area contributed by atoms with Gasteiger partial charge >= 0.3 is 57.5 Å². The molecule has 1 saturated carbocycles. The molecule has 112 valence electrons. The smallest absolute Gasteiger partial charge is 0.565 e. The van der Waals surface area contributed by atoms with Crippen LogP contribution >= 0.6 is 0 Å². The van der Waals surface area contributed by atoms with Crippen molar-refractivity contribution in [2.75, 3.05) is 20.1 Å². The Hall–Kier alpha value is 0.136. The fraction of sp³-hybridized carbons (Fsp3) is 0.833. The summed E-state index contributed by atoms with van der Waals surface area (Å²) in [5.74, 6) is 0. The van der Waals surface area contributed by atoms with Crippen LogP contribution in [0.25, 0.3) is 0 Å². The van der Waals surface area contributed by atoms with Gasteiger partial charge in [-0.25, -0.2) is 4.79 Å². The van der Waals surface area contributed by atoms with E-state index in [0.717, 1.165) is 12.6 Å². The minimum atomic E-state index is -2.08. The number of carbonyl (C=O) groups is 2. The third-order valence-corrected chi connectivity index (χ3v) is 2.30. The summed E-state index contributed by atoms with van der Waals surface area (Å²) >= 11 is 0. The molecule has 0 bridgehead atoms. The number of hydrogen-bond donors (Lipinski definition) is 2. The summed E-state index contributed by atoms with van der Waals surface area (Å²) in [6, 6.07) is 0.741. The van der Waals surface area contributed by atoms with Crippen LogP contribution in [0.3, 0.4) is 0 Å². The number of hydrogen-bond acceptors (Lipinski definition) is 5. The first-order valence-corrected chi connectivity index (χ1v) is 6.19. The molecular formula is C12H23KN2O5. The Labute approximate surface area is 162 Å². The Morgan fingerprint density at radius 1 is 1.40 bits per heavy atom. The van der Waals surface area contributed by atoms with E-state index in [9.17, 15) is 4.79 Å². The summed E-state index contributed by atoms with van der Waals surface area (Å²) in [4.78, 5) is 22.0. The van der Waals surface area contributed by atoms with Gasteiger partial charge in [-0.05, 0) is 40.7 Å². The summed E-state index contributed by atoms with van der Waals surface area (Å²) in [6.45, 7) is 7.14. The van der Waals surface area contributed by atoms with Gasteiger partial charge in [0.1, 0.15) is 5.60 Å². The molecule has 1 fully saturated rings. The molecule has 0 spiro atoms. The minimum absolute atomic E-state index is 0. The van der Waals surface area contributed by atoms with Crippen molar-refractivity contribution in [3.63, 3.8) is 0 Å². The molecule has 1 aliphatic carbocycles. The van der Waals surface area contributed by atoms with Gasteiger partial charge in [0.25, 0.3) is 0 Å². The molecule has 20 heavy (non-hydrogen) atoms. The van der Waals surface area contributed by atoms with Crippen molar-refractivity contribution in [2.24, 2.45) is 0 Å². The fourth-order valence-corrected chi connectivity index (χ4v) is 1.35. The van der Waals surface area contributed by atoms with Crippen LogP contribution < -0.4 is 61.8 Å². The Morgan fingerprint density at radius 3 is 2.20 bits per heavy atom. The van der Waals surface area contributed by atoms with Crippen LogP contribution in [0.4, 0.5) is 9.59 Å². The van der Waals surface area contributed by atoms with Crippen LogP contribution in [0.15, 0.2) is 0 Å². The molecule has 2 N–H and O–H groups in total. The van der Waals surface area contributed by atoms with E-state index in [-0.39, 0.29) is 57.5 Å². The Bertz CT molecular complexity index is 299. The predicted molar refractivity (Wildman–Crippen MR) is 67.9 cm³/mol. The molecule has 0 aliphatic heterocycles. The SMILES string of the molecule is CN(CCNC(=O)OC(C)(C)C)C1CC1.O=C([O-])O.[K+]. The number of amides is 1. The zero-order valence-corrected chi connectivity index (χ0v) is 16.1. The van der Waals surface area contributed by atoms with Gasteiger partial charge in [0.2, 0.25) is 6.16 Å². The number of rotatable bonds is 4. The van der Waals surface area contributed by atoms with Crippen LogP contribution in [0, 0.1) is 0 Å². The second kappa shape index (κ2) is 10.8. The summed E-state index contributed by atoms with van der Waals surface area (Å²) < 4.78 is 5.13. The first-order valence-electron chi connectivity index (χ1n) is 6.19. The molecule has 1 amide bonds. The average Bonchev–Trinajstić information content (AvgIpc) is 2.95. The van der Waals surface area contributed by atoms with Gasteiger partial charge in [-0.1, -0.05) is 0 Å². The van der Waals surface area contributed by atoms with E-state index in [0.29, 0.717) is 6.54 Å². The van der Waals surface area contributed by atoms with Crippen LogP contribution in [-0.4, -0.2) is 54.0 Å². The van der Waals surface area contributed by atoms with Crippen molar-refractivity contribution in [3.05, 3.63) is 0 Å². The van der Waals surface area contributed by atoms with E-state index >= 15 is 0 Å². The van der Waals surface area contributed by atoms with Crippen molar-refractivity contribution in [1.29, 1.82) is 0 Å². The second-order valence-corrected chi connectivity index (χ2v) is 5.41. The topological polar surface area (TPSA) is 102 Å². The van der Waals surface area contributed by atoms with E-state index in [1.807, 2.05) is 20.8 Å². The zero-order valence-electron chi connectivity index (χ0n) is 12.9. The van der Waals surface area contributed by atoms with Crippen LogP contribution in [0.5, 0.6) is 0 Å². The predicted octanol–water partition coefficient (Wildman–Crippen LogP) is -2.50. The standard InChI is InChI=1S/C11H22N2O2.CH2O3.K/c1-11(2,3)15-10(14)12-7-8-13(4)9-5-6-9;2-1(3)4;/h9H,5-8H2,1-4H3,(H,12,14);(H2,2,3,4);/q;;+1/p-1. The molecule has 7 nitrogen and oxygen atoms in total. The number of ether oxygens (including phenoxy) is 1. The number of likely N-dealkylation sites (N-methyl/N-ethyl adjacent to an activating group) is 1. The van der Waals surface area contributed by atoms with Gasteiger partial charge in [0.15, 0.2) is 0 Å². The number of nitrogens with zero attached hydrogens (tertiary/aromatic N) is 1. The minimum Gasteiger partial charge on any atom is -0.565 e. The van der Waals surface area contributed by atoms with Crippen molar-refractivity contribution in [2.45, 2.75) is 45.3 Å². The monoisotopic (exact) mass is 314 g/mol. The number of alkyl carbamates (subject to hydrolysis) is 1. The molecule has 0 radical (unpaired) electrons. The van der Waals surface area contributed by atoms with Crippen LogP contribution in [0.1, 0.15) is 33.6 Å². The van der Waals surface area contributed by atoms with E-state index in [2.05, 4.69) is 17.3 Å². The molecule has 0 atom stereocenters. The normalized spacial score (nSPS) is 13.7. The molecule has 1 aliphatic rings. The summed E-state index contributed by atoms with van der Waals surface area (Å²) in [5.41, 5.74) is -0.410. The fourth-order valence-electron chi connectivity index (χ4n) is 1.35.